The lowest BCUT2D eigenvalue weighted by Gasteiger charge is -2.32. The number of carbonyl (C=O) groups is 2. The van der Waals surface area contributed by atoms with Crippen LogP contribution in [0, 0.1) is 13.8 Å². The van der Waals surface area contributed by atoms with Crippen LogP contribution in [0.5, 0.6) is 5.75 Å². The number of benzene rings is 1. The van der Waals surface area contributed by atoms with Crippen LogP contribution in [0.1, 0.15) is 41.9 Å². The van der Waals surface area contributed by atoms with Crippen LogP contribution in [0.4, 0.5) is 5.69 Å². The Morgan fingerprint density at radius 3 is 2.81 bits per heavy atom. The van der Waals surface area contributed by atoms with E-state index in [1.165, 1.54) is 0 Å². The first-order chi connectivity index (χ1) is 12.4. The van der Waals surface area contributed by atoms with Gasteiger partial charge in [0.2, 0.25) is 5.91 Å². The molecule has 1 N–H and O–H groups in total. The Balaban J connectivity index is 1.64. The van der Waals surface area contributed by atoms with Gasteiger partial charge in [-0.2, -0.15) is 0 Å². The molecule has 0 saturated carbocycles. The van der Waals surface area contributed by atoms with Crippen molar-refractivity contribution in [1.82, 2.24) is 10.3 Å². The van der Waals surface area contributed by atoms with Gasteiger partial charge in [0.1, 0.15) is 5.75 Å². The molecule has 1 aromatic heterocycles. The average molecular weight is 373 g/mol. The van der Waals surface area contributed by atoms with Gasteiger partial charge in [-0.1, -0.05) is 12.1 Å². The van der Waals surface area contributed by atoms with Crippen molar-refractivity contribution in [2.75, 3.05) is 11.4 Å². The van der Waals surface area contributed by atoms with Crippen molar-refractivity contribution in [2.24, 2.45) is 0 Å². The van der Waals surface area contributed by atoms with E-state index in [0.29, 0.717) is 18.0 Å². The first-order valence-electron chi connectivity index (χ1n) is 8.67. The van der Waals surface area contributed by atoms with Gasteiger partial charge in [0, 0.05) is 17.8 Å². The number of hydrogen-bond donors (Lipinski definition) is 1. The first kappa shape index (κ1) is 18.4. The number of amides is 2. The van der Waals surface area contributed by atoms with Crippen LogP contribution >= 0.6 is 11.3 Å². The summed E-state index contributed by atoms with van der Waals surface area (Å²) in [6.45, 7) is 7.91. The van der Waals surface area contributed by atoms with Gasteiger partial charge >= 0.3 is 0 Å². The molecule has 2 aromatic rings. The molecule has 2 amide bonds. The summed E-state index contributed by atoms with van der Waals surface area (Å²) in [5.41, 5.74) is 1.66. The summed E-state index contributed by atoms with van der Waals surface area (Å²) in [5, 5.41) is 3.99. The summed E-state index contributed by atoms with van der Waals surface area (Å²) >= 11 is 1.60. The van der Waals surface area contributed by atoms with Gasteiger partial charge in [-0.05, 0) is 39.8 Å². The quantitative estimate of drug-likeness (QED) is 0.874. The molecule has 0 saturated heterocycles. The summed E-state index contributed by atoms with van der Waals surface area (Å²) in [7, 11) is 0. The van der Waals surface area contributed by atoms with Crippen LogP contribution < -0.4 is 15.0 Å². The number of nitrogens with zero attached hydrogens (tertiary/aromatic N) is 2. The van der Waals surface area contributed by atoms with E-state index in [0.717, 1.165) is 15.6 Å². The maximum atomic E-state index is 12.5. The normalized spacial score (nSPS) is 17.5. The molecule has 0 spiro atoms. The Labute approximate surface area is 157 Å². The van der Waals surface area contributed by atoms with Gasteiger partial charge in [0.15, 0.2) is 6.10 Å². The highest BCUT2D eigenvalue weighted by Gasteiger charge is 2.31. The van der Waals surface area contributed by atoms with E-state index in [1.807, 2.05) is 45.0 Å². The van der Waals surface area contributed by atoms with Crippen molar-refractivity contribution in [3.63, 3.8) is 0 Å². The van der Waals surface area contributed by atoms with Crippen molar-refractivity contribution >= 4 is 28.8 Å². The molecule has 138 valence electrons. The highest BCUT2D eigenvalue weighted by Crippen LogP contribution is 2.33. The van der Waals surface area contributed by atoms with Gasteiger partial charge in [-0.25, -0.2) is 4.98 Å². The Morgan fingerprint density at radius 2 is 2.12 bits per heavy atom. The highest BCUT2D eigenvalue weighted by atomic mass is 32.1. The largest absolute Gasteiger partial charge is 0.479 e. The molecule has 0 unspecified atom stereocenters. The van der Waals surface area contributed by atoms with Crippen LogP contribution in [0.15, 0.2) is 24.3 Å². The topological polar surface area (TPSA) is 71.5 Å². The molecule has 2 heterocycles. The minimum absolute atomic E-state index is 0.0904. The Morgan fingerprint density at radius 1 is 1.38 bits per heavy atom. The van der Waals surface area contributed by atoms with Gasteiger partial charge in [0.25, 0.3) is 5.91 Å². The van der Waals surface area contributed by atoms with Crippen LogP contribution in [0.25, 0.3) is 0 Å². The zero-order valence-corrected chi connectivity index (χ0v) is 16.2. The molecule has 6 nitrogen and oxygen atoms in total. The van der Waals surface area contributed by atoms with Crippen LogP contribution in [0.2, 0.25) is 0 Å². The number of rotatable bonds is 5. The summed E-state index contributed by atoms with van der Waals surface area (Å²) < 4.78 is 5.62. The second-order valence-corrected chi connectivity index (χ2v) is 7.67. The molecule has 3 rings (SSSR count). The lowest BCUT2D eigenvalue weighted by molar-refractivity contribution is -0.125. The summed E-state index contributed by atoms with van der Waals surface area (Å²) in [5.74, 6) is 0.454. The standard InChI is InChI=1S/C19H23N3O3S/c1-11-18(26-14(4)20-11)12(2)21-17(23)9-10-22-15-7-5-6-8-16(15)25-13(3)19(22)24/h5-8,12-13H,9-10H2,1-4H3,(H,21,23)/t12-,13+/m0/s1. The number of para-hydroxylation sites is 2. The predicted molar refractivity (Wildman–Crippen MR) is 102 cm³/mol. The number of thiazole rings is 1. The average Bonchev–Trinajstić information content (AvgIpc) is 2.94. The monoisotopic (exact) mass is 373 g/mol. The fourth-order valence-electron chi connectivity index (χ4n) is 3.13. The maximum Gasteiger partial charge on any atom is 0.267 e. The Kier molecular flexibility index (Phi) is 5.27. The second-order valence-electron chi connectivity index (χ2n) is 6.44. The van der Waals surface area contributed by atoms with Crippen LogP contribution in [0.3, 0.4) is 0 Å². The van der Waals surface area contributed by atoms with Gasteiger partial charge in [-0.15, -0.1) is 11.3 Å². The number of carbonyl (C=O) groups excluding carboxylic acids is 2. The van der Waals surface area contributed by atoms with E-state index in [1.54, 1.807) is 23.2 Å². The molecule has 1 aliphatic rings. The van der Waals surface area contributed by atoms with Crippen molar-refractivity contribution in [2.45, 2.75) is 46.3 Å². The SMILES string of the molecule is Cc1nc(C)c([C@H](C)NC(=O)CCN2C(=O)[C@@H](C)Oc3ccccc32)s1. The smallest absolute Gasteiger partial charge is 0.267 e. The first-order valence-corrected chi connectivity index (χ1v) is 9.49. The summed E-state index contributed by atoms with van der Waals surface area (Å²) in [6.07, 6.45) is -0.316. The zero-order chi connectivity index (χ0) is 18.8. The Bertz CT molecular complexity index is 833. The number of nitrogens with one attached hydrogen (secondary N) is 1. The molecule has 1 aliphatic heterocycles. The molecular formula is C19H23N3O3S. The Hall–Kier alpha value is -2.41. The van der Waals surface area contributed by atoms with Gasteiger partial charge in [0.05, 0.1) is 22.4 Å². The summed E-state index contributed by atoms with van der Waals surface area (Å²) in [4.78, 5) is 32.0. The number of aromatic nitrogens is 1. The maximum absolute atomic E-state index is 12.5. The van der Waals surface area contributed by atoms with Gasteiger partial charge in [-0.3, -0.25) is 9.59 Å². The number of fused-ring (bicyclic) bond motifs is 1. The fraction of sp³-hybridized carbons (Fsp3) is 0.421. The molecule has 2 atom stereocenters. The van der Waals surface area contributed by atoms with Crippen molar-refractivity contribution in [3.8, 4) is 5.75 Å². The number of hydrogen-bond acceptors (Lipinski definition) is 5. The van der Waals surface area contributed by atoms with Crippen molar-refractivity contribution in [1.29, 1.82) is 0 Å². The molecule has 0 bridgehead atoms. The summed E-state index contributed by atoms with van der Waals surface area (Å²) in [6, 6.07) is 7.30. The molecule has 1 aromatic carbocycles. The highest BCUT2D eigenvalue weighted by molar-refractivity contribution is 7.11. The molecule has 0 radical (unpaired) electrons. The van der Waals surface area contributed by atoms with E-state index >= 15 is 0 Å². The van der Waals surface area contributed by atoms with E-state index in [2.05, 4.69) is 10.3 Å². The molecular weight excluding hydrogens is 350 g/mol. The van der Waals surface area contributed by atoms with Crippen LogP contribution in [-0.4, -0.2) is 29.4 Å². The molecule has 0 aliphatic carbocycles. The van der Waals surface area contributed by atoms with Gasteiger partial charge < -0.3 is 15.0 Å². The number of anilines is 1. The number of ether oxygens (including phenoxy) is 1. The molecule has 0 fully saturated rings. The third kappa shape index (κ3) is 3.72. The van der Waals surface area contributed by atoms with E-state index in [-0.39, 0.29) is 24.3 Å². The lowest BCUT2D eigenvalue weighted by atomic mass is 10.1. The van der Waals surface area contributed by atoms with Crippen molar-refractivity contribution in [3.05, 3.63) is 39.8 Å². The van der Waals surface area contributed by atoms with Crippen LogP contribution in [-0.2, 0) is 9.59 Å². The van der Waals surface area contributed by atoms with E-state index in [9.17, 15) is 9.59 Å². The third-order valence-corrected chi connectivity index (χ3v) is 5.60. The van der Waals surface area contributed by atoms with E-state index in [4.69, 9.17) is 4.74 Å². The minimum atomic E-state index is -0.547. The molecule has 7 heteroatoms. The fourth-order valence-corrected chi connectivity index (χ4v) is 4.06. The minimum Gasteiger partial charge on any atom is -0.479 e. The number of aryl methyl sites for hydroxylation is 2. The van der Waals surface area contributed by atoms with E-state index < -0.39 is 6.10 Å². The lowest BCUT2D eigenvalue weighted by Crippen LogP contribution is -2.45. The third-order valence-electron chi connectivity index (χ3n) is 4.35. The second kappa shape index (κ2) is 7.45. The zero-order valence-electron chi connectivity index (χ0n) is 15.4. The van der Waals surface area contributed by atoms with Crippen molar-refractivity contribution < 1.29 is 14.3 Å². The molecule has 26 heavy (non-hydrogen) atoms. The predicted octanol–water partition coefficient (Wildman–Crippen LogP) is 3.14.